The molecular weight excluding hydrogens is 306 g/mol. The van der Waals surface area contributed by atoms with Crippen molar-refractivity contribution in [2.75, 3.05) is 13.2 Å². The number of pyridine rings is 1. The van der Waals surface area contributed by atoms with Gasteiger partial charge in [0, 0.05) is 24.1 Å². The molecule has 24 heavy (non-hydrogen) atoms. The Morgan fingerprint density at radius 2 is 2.00 bits per heavy atom. The molecule has 5 nitrogen and oxygen atoms in total. The summed E-state index contributed by atoms with van der Waals surface area (Å²) in [5, 5.41) is 0.934. The monoisotopic (exact) mass is 329 g/mol. The number of esters is 1. The number of carbonyl (C=O) groups excluding carboxylic acids is 1. The SMILES string of the molecule is C=CC(=O)OCCCCOc1cc(=O)n(CCC)c2ccccc12. The third-order valence-electron chi connectivity index (χ3n) is 3.64. The zero-order chi connectivity index (χ0) is 17.4. The maximum absolute atomic E-state index is 12.3. The van der Waals surface area contributed by atoms with Crippen LogP contribution in [0.1, 0.15) is 26.2 Å². The van der Waals surface area contributed by atoms with Crippen LogP contribution in [0.25, 0.3) is 10.9 Å². The van der Waals surface area contributed by atoms with E-state index in [1.165, 1.54) is 0 Å². The summed E-state index contributed by atoms with van der Waals surface area (Å²) in [6.07, 6.45) is 3.47. The minimum atomic E-state index is -0.415. The maximum Gasteiger partial charge on any atom is 0.330 e. The van der Waals surface area contributed by atoms with E-state index in [2.05, 4.69) is 6.58 Å². The number of ether oxygens (including phenoxy) is 2. The van der Waals surface area contributed by atoms with Crippen molar-refractivity contribution in [2.24, 2.45) is 0 Å². The summed E-state index contributed by atoms with van der Waals surface area (Å²) in [6.45, 7) is 6.88. The summed E-state index contributed by atoms with van der Waals surface area (Å²) < 4.78 is 12.5. The third-order valence-corrected chi connectivity index (χ3v) is 3.64. The molecule has 0 fully saturated rings. The van der Waals surface area contributed by atoms with Crippen molar-refractivity contribution in [3.8, 4) is 5.75 Å². The van der Waals surface area contributed by atoms with Gasteiger partial charge < -0.3 is 14.0 Å². The fraction of sp³-hybridized carbons (Fsp3) is 0.368. The summed E-state index contributed by atoms with van der Waals surface area (Å²) in [6, 6.07) is 9.31. The van der Waals surface area contributed by atoms with Crippen molar-refractivity contribution < 1.29 is 14.3 Å². The molecule has 0 aliphatic carbocycles. The molecule has 2 rings (SSSR count). The molecule has 1 aromatic heterocycles. The normalized spacial score (nSPS) is 10.5. The lowest BCUT2D eigenvalue weighted by Crippen LogP contribution is -2.20. The Kier molecular flexibility index (Phi) is 6.61. The number of aryl methyl sites for hydroxylation is 1. The van der Waals surface area contributed by atoms with Crippen molar-refractivity contribution in [2.45, 2.75) is 32.7 Å². The minimum Gasteiger partial charge on any atom is -0.493 e. The van der Waals surface area contributed by atoms with Gasteiger partial charge in [-0.25, -0.2) is 4.79 Å². The molecule has 0 spiro atoms. The fourth-order valence-corrected chi connectivity index (χ4v) is 2.50. The number of benzene rings is 1. The molecule has 0 amide bonds. The highest BCUT2D eigenvalue weighted by Crippen LogP contribution is 2.23. The summed E-state index contributed by atoms with van der Waals surface area (Å²) >= 11 is 0. The average molecular weight is 329 g/mol. The van der Waals surface area contributed by atoms with Gasteiger partial charge >= 0.3 is 5.97 Å². The van der Waals surface area contributed by atoms with Gasteiger partial charge in [-0.3, -0.25) is 4.79 Å². The lowest BCUT2D eigenvalue weighted by atomic mass is 10.2. The number of aromatic nitrogens is 1. The summed E-state index contributed by atoms with van der Waals surface area (Å²) in [5.41, 5.74) is 0.840. The summed E-state index contributed by atoms with van der Waals surface area (Å²) in [4.78, 5) is 23.2. The van der Waals surface area contributed by atoms with Gasteiger partial charge in [-0.2, -0.15) is 0 Å². The Hall–Kier alpha value is -2.56. The zero-order valence-corrected chi connectivity index (χ0v) is 14.0. The highest BCUT2D eigenvalue weighted by Gasteiger charge is 2.09. The first-order valence-corrected chi connectivity index (χ1v) is 8.22. The standard InChI is InChI=1S/C19H23NO4/c1-3-11-20-16-10-6-5-9-15(16)17(14-18(20)21)23-12-7-8-13-24-19(22)4-2/h4-6,9-10,14H,2-3,7-8,11-13H2,1H3. The Balaban J connectivity index is 2.02. The largest absolute Gasteiger partial charge is 0.493 e. The summed E-state index contributed by atoms with van der Waals surface area (Å²) in [5.74, 6) is 0.187. The quantitative estimate of drug-likeness (QED) is 0.402. The van der Waals surface area contributed by atoms with Gasteiger partial charge in [0.15, 0.2) is 0 Å². The van der Waals surface area contributed by atoms with Crippen molar-refractivity contribution in [1.29, 1.82) is 0 Å². The van der Waals surface area contributed by atoms with Crippen LogP contribution in [0.4, 0.5) is 0 Å². The fourth-order valence-electron chi connectivity index (χ4n) is 2.50. The van der Waals surface area contributed by atoms with Crippen molar-refractivity contribution >= 4 is 16.9 Å². The number of nitrogens with zero attached hydrogens (tertiary/aromatic N) is 1. The molecular formula is C19H23NO4. The van der Waals surface area contributed by atoms with Gasteiger partial charge in [0.05, 0.1) is 18.7 Å². The van der Waals surface area contributed by atoms with Gasteiger partial charge in [-0.1, -0.05) is 25.6 Å². The molecule has 0 unspecified atom stereocenters. The van der Waals surface area contributed by atoms with Crippen LogP contribution in [-0.4, -0.2) is 23.8 Å². The van der Waals surface area contributed by atoms with E-state index in [1.807, 2.05) is 31.2 Å². The van der Waals surface area contributed by atoms with Gasteiger partial charge in [0.25, 0.3) is 5.56 Å². The Morgan fingerprint density at radius 1 is 1.25 bits per heavy atom. The first kappa shape index (κ1) is 17.8. The van der Waals surface area contributed by atoms with E-state index in [1.54, 1.807) is 10.6 Å². The number of carbonyl (C=O) groups is 1. The number of hydrogen-bond donors (Lipinski definition) is 0. The molecule has 0 radical (unpaired) electrons. The molecule has 1 heterocycles. The van der Waals surface area contributed by atoms with E-state index >= 15 is 0 Å². The predicted octanol–water partition coefficient (Wildman–Crippen LogP) is 3.30. The van der Waals surface area contributed by atoms with Crippen LogP contribution in [-0.2, 0) is 16.1 Å². The van der Waals surface area contributed by atoms with E-state index in [0.29, 0.717) is 31.9 Å². The molecule has 0 saturated carbocycles. The van der Waals surface area contributed by atoms with E-state index < -0.39 is 5.97 Å². The second kappa shape index (κ2) is 8.91. The lowest BCUT2D eigenvalue weighted by molar-refractivity contribution is -0.137. The van der Waals surface area contributed by atoms with E-state index in [4.69, 9.17) is 9.47 Å². The van der Waals surface area contributed by atoms with Crippen molar-refractivity contribution in [3.05, 3.63) is 53.3 Å². The number of fused-ring (bicyclic) bond motifs is 1. The number of unbranched alkanes of at least 4 members (excludes halogenated alkanes) is 1. The van der Waals surface area contributed by atoms with Crippen LogP contribution in [0.2, 0.25) is 0 Å². The predicted molar refractivity (Wildman–Crippen MR) is 94.4 cm³/mol. The van der Waals surface area contributed by atoms with E-state index in [9.17, 15) is 9.59 Å². The van der Waals surface area contributed by atoms with Crippen LogP contribution >= 0.6 is 0 Å². The van der Waals surface area contributed by atoms with Crippen molar-refractivity contribution in [1.82, 2.24) is 4.57 Å². The Labute approximate surface area is 141 Å². The second-order valence-electron chi connectivity index (χ2n) is 5.44. The molecule has 0 atom stereocenters. The molecule has 0 bridgehead atoms. The molecule has 0 saturated heterocycles. The van der Waals surface area contributed by atoms with Crippen LogP contribution in [0.3, 0.4) is 0 Å². The van der Waals surface area contributed by atoms with Gasteiger partial charge in [-0.15, -0.1) is 0 Å². The zero-order valence-electron chi connectivity index (χ0n) is 14.0. The maximum atomic E-state index is 12.3. The molecule has 2 aromatic rings. The Bertz CT molecular complexity index is 764. The number of rotatable bonds is 9. The minimum absolute atomic E-state index is 0.0505. The molecule has 5 heteroatoms. The van der Waals surface area contributed by atoms with Crippen LogP contribution in [0.15, 0.2) is 47.8 Å². The molecule has 1 aromatic carbocycles. The van der Waals surface area contributed by atoms with Gasteiger partial charge in [0.2, 0.25) is 0 Å². The van der Waals surface area contributed by atoms with E-state index in [0.717, 1.165) is 29.8 Å². The smallest absolute Gasteiger partial charge is 0.330 e. The lowest BCUT2D eigenvalue weighted by Gasteiger charge is -2.13. The third kappa shape index (κ3) is 4.47. The van der Waals surface area contributed by atoms with Crippen molar-refractivity contribution in [3.63, 3.8) is 0 Å². The van der Waals surface area contributed by atoms with Crippen LogP contribution in [0.5, 0.6) is 5.75 Å². The average Bonchev–Trinajstić information content (AvgIpc) is 2.60. The van der Waals surface area contributed by atoms with E-state index in [-0.39, 0.29) is 5.56 Å². The van der Waals surface area contributed by atoms with Gasteiger partial charge in [0.1, 0.15) is 5.75 Å². The second-order valence-corrected chi connectivity index (χ2v) is 5.44. The van der Waals surface area contributed by atoms with Gasteiger partial charge in [-0.05, 0) is 31.4 Å². The Morgan fingerprint density at radius 3 is 2.75 bits per heavy atom. The van der Waals surface area contributed by atoms with Crippen LogP contribution < -0.4 is 10.3 Å². The number of hydrogen-bond acceptors (Lipinski definition) is 4. The first-order chi connectivity index (χ1) is 11.7. The van der Waals surface area contributed by atoms with Crippen LogP contribution in [0, 0.1) is 0 Å². The first-order valence-electron chi connectivity index (χ1n) is 8.22. The molecule has 128 valence electrons. The topological polar surface area (TPSA) is 57.5 Å². The molecule has 0 N–H and O–H groups in total. The highest BCUT2D eigenvalue weighted by atomic mass is 16.5. The molecule has 0 aliphatic rings. The summed E-state index contributed by atoms with van der Waals surface area (Å²) in [7, 11) is 0. The molecule has 0 aliphatic heterocycles. The number of para-hydroxylation sites is 1. The highest BCUT2D eigenvalue weighted by molar-refractivity contribution is 5.85.